The van der Waals surface area contributed by atoms with E-state index in [4.69, 9.17) is 25.8 Å². The molecule has 1 aromatic carbocycles. The Morgan fingerprint density at radius 3 is 2.18 bits per heavy atom. The monoisotopic (exact) mass is 659 g/mol. The van der Waals surface area contributed by atoms with E-state index >= 15 is 0 Å². The molecule has 236 valence electrons. The molecule has 0 saturated heterocycles. The minimum atomic E-state index is -4.20. The summed E-state index contributed by atoms with van der Waals surface area (Å²) in [4.78, 5) is 12.8. The van der Waals surface area contributed by atoms with Gasteiger partial charge in [-0.05, 0) is 43.7 Å². The summed E-state index contributed by atoms with van der Waals surface area (Å²) >= 11 is 6.00. The molecule has 15 heteroatoms. The first kappa shape index (κ1) is 33.3. The first-order chi connectivity index (χ1) is 20.8. The van der Waals surface area contributed by atoms with Gasteiger partial charge in [0, 0.05) is 52.1 Å². The Kier molecular flexibility index (Phi) is 10.3. The fourth-order valence-corrected chi connectivity index (χ4v) is 7.46. The minimum Gasteiger partial charge on any atom is -0.494 e. The molecular weight excluding hydrogens is 622 g/mol. The van der Waals surface area contributed by atoms with Crippen molar-refractivity contribution in [1.82, 2.24) is 29.7 Å². The third-order valence-electron chi connectivity index (χ3n) is 7.04. The zero-order chi connectivity index (χ0) is 32.2. The summed E-state index contributed by atoms with van der Waals surface area (Å²) in [6, 6.07) is 7.87. The second-order valence-electron chi connectivity index (χ2n) is 11.5. The number of methoxy groups -OCH3 is 3. The Balaban J connectivity index is 2.00. The average Bonchev–Trinajstić information content (AvgIpc) is 3.41. The van der Waals surface area contributed by atoms with Crippen molar-refractivity contribution in [1.29, 1.82) is 0 Å². The molecule has 4 aromatic rings. The molecule has 3 heterocycles. The Labute approximate surface area is 264 Å². The Morgan fingerprint density at radius 2 is 1.64 bits per heavy atom. The third-order valence-corrected chi connectivity index (χ3v) is 11.1. The van der Waals surface area contributed by atoms with Gasteiger partial charge in [-0.15, -0.1) is 10.2 Å². The number of aryl methyl sites for hydroxylation is 1. The van der Waals surface area contributed by atoms with E-state index in [1.807, 2.05) is 13.0 Å². The molecule has 0 amide bonds. The fraction of sp³-hybridized carbons (Fsp3) is 0.414. The highest BCUT2D eigenvalue weighted by atomic mass is 35.5. The van der Waals surface area contributed by atoms with Gasteiger partial charge in [0.15, 0.2) is 11.6 Å². The highest BCUT2D eigenvalue weighted by Crippen LogP contribution is 2.40. The summed E-state index contributed by atoms with van der Waals surface area (Å²) in [5, 5.41) is 8.24. The van der Waals surface area contributed by atoms with Crippen LogP contribution < -0.4 is 13.8 Å². The van der Waals surface area contributed by atoms with Crippen molar-refractivity contribution in [3.05, 3.63) is 65.5 Å². The van der Waals surface area contributed by atoms with Crippen LogP contribution in [-0.4, -0.2) is 79.3 Å². The summed E-state index contributed by atoms with van der Waals surface area (Å²) in [6.07, 6.45) is 5.20. The van der Waals surface area contributed by atoms with Crippen LogP contribution in [0.15, 0.2) is 49.1 Å². The molecule has 2 atom stereocenters. The van der Waals surface area contributed by atoms with Crippen molar-refractivity contribution in [3.8, 4) is 28.6 Å². The molecular formula is C29H38ClN7O5SSi. The molecule has 12 nitrogen and oxygen atoms in total. The highest BCUT2D eigenvalue weighted by Gasteiger charge is 2.41. The van der Waals surface area contributed by atoms with E-state index in [2.05, 4.69) is 44.8 Å². The number of nitrogens with zero attached hydrogens (tertiary/aromatic N) is 7. The van der Waals surface area contributed by atoms with Crippen LogP contribution in [0.4, 0.5) is 5.95 Å². The van der Waals surface area contributed by atoms with Gasteiger partial charge in [-0.25, -0.2) is 22.7 Å². The van der Waals surface area contributed by atoms with E-state index in [0.717, 1.165) is 5.56 Å². The number of para-hydroxylation sites is 1. The molecule has 0 spiro atoms. The summed E-state index contributed by atoms with van der Waals surface area (Å²) in [5.41, 5.74) is 1.98. The lowest BCUT2D eigenvalue weighted by atomic mass is 10.2. The molecule has 3 aromatic heterocycles. The van der Waals surface area contributed by atoms with Gasteiger partial charge in [0.05, 0.1) is 19.2 Å². The normalized spacial score (nSPS) is 13.4. The first-order valence-corrected chi connectivity index (χ1v) is 19.5. The topological polar surface area (TPSA) is 134 Å². The maximum Gasteiger partial charge on any atom is 0.246 e. The number of aromatic nitrogens is 6. The summed E-state index contributed by atoms with van der Waals surface area (Å²) in [6.45, 7) is 10.2. The van der Waals surface area contributed by atoms with E-state index in [1.165, 1.54) is 38.0 Å². The molecule has 0 radical (unpaired) electrons. The number of benzene rings is 1. The number of halogens is 1. The third kappa shape index (κ3) is 7.03. The number of hydrogen-bond donors (Lipinski definition) is 0. The van der Waals surface area contributed by atoms with Crippen LogP contribution >= 0.6 is 11.6 Å². The molecule has 0 aliphatic carbocycles. The summed E-state index contributed by atoms with van der Waals surface area (Å²) in [5.74, 6) is 1.50. The summed E-state index contributed by atoms with van der Waals surface area (Å²) < 4.78 is 49.6. The van der Waals surface area contributed by atoms with Crippen LogP contribution in [0.3, 0.4) is 0 Å². The van der Waals surface area contributed by atoms with E-state index in [9.17, 15) is 8.42 Å². The number of anilines is 1. The largest absolute Gasteiger partial charge is 0.494 e. The van der Waals surface area contributed by atoms with E-state index in [0.29, 0.717) is 39.6 Å². The second-order valence-corrected chi connectivity index (χ2v) is 19.7. The van der Waals surface area contributed by atoms with Gasteiger partial charge in [0.1, 0.15) is 28.5 Å². The van der Waals surface area contributed by atoms with Crippen LogP contribution in [0.25, 0.3) is 17.1 Å². The zero-order valence-corrected chi connectivity index (χ0v) is 28.7. The lowest BCUT2D eigenvalue weighted by Crippen LogP contribution is -2.44. The Hall–Kier alpha value is -3.59. The predicted octanol–water partition coefficient (Wildman–Crippen LogP) is 5.35. The van der Waals surface area contributed by atoms with Gasteiger partial charge in [-0.3, -0.25) is 9.55 Å². The fourth-order valence-electron chi connectivity index (χ4n) is 4.67. The first-order valence-electron chi connectivity index (χ1n) is 13.9. The number of sulfonamides is 1. The molecule has 4 rings (SSSR count). The highest BCUT2D eigenvalue weighted by molar-refractivity contribution is 7.93. The Bertz CT molecular complexity index is 1670. The number of rotatable bonds is 13. The zero-order valence-electron chi connectivity index (χ0n) is 26.1. The molecule has 0 aliphatic heterocycles. The second kappa shape index (κ2) is 13.6. The number of ether oxygens (including phenoxy) is 3. The van der Waals surface area contributed by atoms with Crippen LogP contribution in [-0.2, 0) is 14.8 Å². The number of pyridine rings is 1. The molecule has 0 saturated carbocycles. The SMILES string of the molecule is COc1cccc(OC)c1-n1c(-c2cncc(C)c2)nnc1N(CC[Si](C)(C)C)S(=O)(=O)[C@@H](C)[C@H](OC)c1ncc(Cl)cn1. The van der Waals surface area contributed by atoms with Crippen LogP contribution in [0.2, 0.25) is 30.7 Å². The van der Waals surface area contributed by atoms with Gasteiger partial charge < -0.3 is 14.2 Å². The molecule has 0 unspecified atom stereocenters. The smallest absolute Gasteiger partial charge is 0.246 e. The lowest BCUT2D eigenvalue weighted by molar-refractivity contribution is 0.0948. The van der Waals surface area contributed by atoms with Crippen LogP contribution in [0.1, 0.15) is 24.4 Å². The molecule has 0 N–H and O–H groups in total. The van der Waals surface area contributed by atoms with Crippen LogP contribution in [0, 0.1) is 6.92 Å². The molecule has 0 fully saturated rings. The molecule has 0 aliphatic rings. The standard InChI is InChI=1S/C29H38ClN7O5SSi/c1-19-14-21(16-31-15-19)28-34-35-29(37(28)25-23(40-3)10-9-11-24(25)41-4)36(12-13-44(6,7)8)43(38,39)20(2)26(42-5)27-32-17-22(30)18-33-27/h9-11,14-18,20,26H,12-13H2,1-8H3/t20-,26-/m0/s1. The van der Waals surface area contributed by atoms with E-state index in [1.54, 1.807) is 42.1 Å². The maximum absolute atomic E-state index is 14.7. The quantitative estimate of drug-likeness (QED) is 0.173. The van der Waals surface area contributed by atoms with Crippen molar-refractivity contribution in [2.75, 3.05) is 32.2 Å². The minimum absolute atomic E-state index is 0.0706. The van der Waals surface area contributed by atoms with Crippen molar-refractivity contribution in [3.63, 3.8) is 0 Å². The van der Waals surface area contributed by atoms with Gasteiger partial charge in [-0.2, -0.15) is 0 Å². The van der Waals surface area contributed by atoms with E-state index < -0.39 is 29.5 Å². The molecule has 0 bridgehead atoms. The van der Waals surface area contributed by atoms with Gasteiger partial charge in [0.2, 0.25) is 16.0 Å². The average molecular weight is 660 g/mol. The Morgan fingerprint density at radius 1 is 1.00 bits per heavy atom. The van der Waals surface area contributed by atoms with Crippen molar-refractivity contribution < 1.29 is 22.6 Å². The number of hydrogen-bond acceptors (Lipinski definition) is 10. The van der Waals surface area contributed by atoms with Gasteiger partial charge >= 0.3 is 0 Å². The van der Waals surface area contributed by atoms with Gasteiger partial charge in [-0.1, -0.05) is 37.3 Å². The van der Waals surface area contributed by atoms with Crippen LogP contribution in [0.5, 0.6) is 11.5 Å². The maximum atomic E-state index is 14.7. The predicted molar refractivity (Wildman–Crippen MR) is 173 cm³/mol. The van der Waals surface area contributed by atoms with Crippen molar-refractivity contribution in [2.45, 2.75) is 50.9 Å². The summed E-state index contributed by atoms with van der Waals surface area (Å²) in [7, 11) is -1.47. The van der Waals surface area contributed by atoms with E-state index in [-0.39, 0.29) is 18.3 Å². The van der Waals surface area contributed by atoms with Gasteiger partial charge in [0.25, 0.3) is 0 Å². The van der Waals surface area contributed by atoms with Crippen molar-refractivity contribution in [2.24, 2.45) is 0 Å². The molecule has 44 heavy (non-hydrogen) atoms. The van der Waals surface area contributed by atoms with Crippen molar-refractivity contribution >= 4 is 35.6 Å². The lowest BCUT2D eigenvalue weighted by Gasteiger charge is -2.31.